The van der Waals surface area contributed by atoms with E-state index in [4.69, 9.17) is 0 Å². The van der Waals surface area contributed by atoms with Crippen LogP contribution in [0.2, 0.25) is 0 Å². The summed E-state index contributed by atoms with van der Waals surface area (Å²) in [5.41, 5.74) is 0.577. The minimum absolute atomic E-state index is 0. The number of carbonyl (C=O) groups is 2. The third-order valence-corrected chi connectivity index (χ3v) is 3.63. The molecule has 9 heteroatoms. The summed E-state index contributed by atoms with van der Waals surface area (Å²) in [6.07, 6.45) is 0. The van der Waals surface area contributed by atoms with Crippen LogP contribution in [0.1, 0.15) is 40.3 Å². The smallest absolute Gasteiger partial charge is 0.336 e. The summed E-state index contributed by atoms with van der Waals surface area (Å²) in [5.74, 6) is -0.571. The first-order chi connectivity index (χ1) is 11.4. The minimum Gasteiger partial charge on any atom is -0.336 e. The molecule has 132 valence electrons. The quantitative estimate of drug-likeness (QED) is 0.494. The molecule has 0 radical (unpaired) electrons. The maximum atomic E-state index is 12.6. The van der Waals surface area contributed by atoms with Crippen molar-refractivity contribution >= 4 is 23.2 Å². The van der Waals surface area contributed by atoms with Crippen LogP contribution in [0.3, 0.4) is 0 Å². The molecule has 0 spiro atoms. The van der Waals surface area contributed by atoms with Crippen molar-refractivity contribution in [1.29, 1.82) is 0 Å². The molecule has 1 aliphatic heterocycles. The number of H-pyrrole nitrogens is 1. The predicted octanol–water partition coefficient (Wildman–Crippen LogP) is 2.94. The second-order valence-corrected chi connectivity index (χ2v) is 5.98. The number of aromatic amines is 1. The van der Waals surface area contributed by atoms with E-state index in [1.807, 2.05) is 13.8 Å². The van der Waals surface area contributed by atoms with Crippen molar-refractivity contribution in [3.8, 4) is 0 Å². The van der Waals surface area contributed by atoms with E-state index in [2.05, 4.69) is 19.9 Å². The fourth-order valence-electron chi connectivity index (χ4n) is 2.52. The molecule has 3 rings (SSSR count). The van der Waals surface area contributed by atoms with E-state index in [0.29, 0.717) is 17.8 Å². The Morgan fingerprint density at radius 3 is 2.48 bits per heavy atom. The molecular weight excluding hydrogens is 371 g/mol. The Labute approximate surface area is 153 Å². The summed E-state index contributed by atoms with van der Waals surface area (Å²) in [6.45, 7) is 5.81. The van der Waals surface area contributed by atoms with E-state index >= 15 is 0 Å². The van der Waals surface area contributed by atoms with Crippen LogP contribution >= 0.6 is 0 Å². The first kappa shape index (κ1) is 18.8. The van der Waals surface area contributed by atoms with Crippen LogP contribution in [0.5, 0.6) is 0 Å². The normalized spacial score (nSPS) is 13.7. The van der Waals surface area contributed by atoms with Crippen LogP contribution in [0, 0.1) is 12.8 Å². The van der Waals surface area contributed by atoms with Crippen molar-refractivity contribution in [3.63, 3.8) is 0 Å². The fraction of sp³-hybridized carbons (Fsp3) is 0.312. The van der Waals surface area contributed by atoms with Crippen LogP contribution in [0.15, 0.2) is 37.7 Å². The first-order valence-corrected chi connectivity index (χ1v) is 7.49. The summed E-state index contributed by atoms with van der Waals surface area (Å²) >= 11 is 0. The summed E-state index contributed by atoms with van der Waals surface area (Å²) in [4.78, 5) is 37.7. The molecule has 2 amide bonds. The minimum atomic E-state index is -0.646. The van der Waals surface area contributed by atoms with Crippen LogP contribution < -0.4 is 5.63 Å². The van der Waals surface area contributed by atoms with E-state index in [9.17, 15) is 14.4 Å². The molecule has 8 nitrogen and oxygen atoms in total. The van der Waals surface area contributed by atoms with E-state index < -0.39 is 11.5 Å². The number of fused-ring (bicyclic) bond motifs is 1. The van der Waals surface area contributed by atoms with Crippen molar-refractivity contribution < 1.29 is 30.6 Å². The number of hydrogen-bond acceptors (Lipinski definition) is 6. The van der Waals surface area contributed by atoms with Crippen molar-refractivity contribution in [2.45, 2.75) is 20.8 Å². The number of carbonyl (C=O) groups excluding carboxylic acids is 2. The van der Waals surface area contributed by atoms with Crippen molar-refractivity contribution in [2.75, 3.05) is 6.54 Å². The van der Waals surface area contributed by atoms with E-state index in [1.54, 1.807) is 25.1 Å². The van der Waals surface area contributed by atoms with Crippen LogP contribution in [-0.2, 0) is 16.5 Å². The van der Waals surface area contributed by atoms with Gasteiger partial charge in [-0.05, 0) is 25.0 Å². The summed E-state index contributed by atoms with van der Waals surface area (Å²) in [6, 6.07) is 4.80. The Morgan fingerprint density at radius 1 is 1.16 bits per heavy atom. The van der Waals surface area contributed by atoms with E-state index in [0.717, 1.165) is 0 Å². The molecule has 0 atom stereocenters. The maximum Gasteiger partial charge on any atom is 2.00 e. The van der Waals surface area contributed by atoms with Gasteiger partial charge in [-0.1, -0.05) is 19.9 Å². The van der Waals surface area contributed by atoms with Gasteiger partial charge in [0.25, 0.3) is 11.8 Å². The summed E-state index contributed by atoms with van der Waals surface area (Å²) < 4.78 is 4.61. The van der Waals surface area contributed by atoms with Gasteiger partial charge in [-0.2, -0.15) is 0 Å². The van der Waals surface area contributed by atoms with Crippen molar-refractivity contribution in [2.24, 2.45) is 16.1 Å². The van der Waals surface area contributed by atoms with Crippen LogP contribution in [-0.4, -0.2) is 28.4 Å². The number of nitrogens with one attached hydrogen (secondary N) is 1. The van der Waals surface area contributed by atoms with Gasteiger partial charge in [0.05, 0.1) is 22.5 Å². The number of imide groups is 1. The molecule has 0 unspecified atom stereocenters. The van der Waals surface area contributed by atoms with Gasteiger partial charge in [-0.25, -0.2) is 9.95 Å². The second kappa shape index (κ2) is 7.15. The topological polar surface area (TPSA) is 108 Å². The number of rotatable bonds is 4. The maximum absolute atomic E-state index is 12.6. The van der Waals surface area contributed by atoms with Gasteiger partial charge in [0.2, 0.25) is 0 Å². The second-order valence-electron chi connectivity index (χ2n) is 5.98. The van der Waals surface area contributed by atoms with Gasteiger partial charge in [0.1, 0.15) is 0 Å². The number of aromatic nitrogens is 1. The van der Waals surface area contributed by atoms with Crippen LogP contribution in [0.4, 0.5) is 11.4 Å². The van der Waals surface area contributed by atoms with E-state index in [-0.39, 0.29) is 45.3 Å². The van der Waals surface area contributed by atoms with Gasteiger partial charge >= 0.3 is 22.1 Å². The third kappa shape index (κ3) is 3.32. The molecule has 0 bridgehead atoms. The summed E-state index contributed by atoms with van der Waals surface area (Å²) in [7, 11) is 0. The average Bonchev–Trinajstić information content (AvgIpc) is 2.98. The summed E-state index contributed by atoms with van der Waals surface area (Å²) in [5, 5.41) is 10.2. The molecule has 1 aromatic carbocycles. The first-order valence-electron chi connectivity index (χ1n) is 7.49. The molecule has 1 N–H and O–H groups in total. The fourth-order valence-corrected chi connectivity index (χ4v) is 2.52. The molecule has 25 heavy (non-hydrogen) atoms. The number of aryl methyl sites for hydroxylation is 1. The average molecular weight is 387 g/mol. The molecule has 0 fully saturated rings. The third-order valence-electron chi connectivity index (χ3n) is 3.63. The van der Waals surface area contributed by atoms with Gasteiger partial charge in [-0.15, -0.1) is 10.2 Å². The molecule has 0 saturated heterocycles. The Hall–Kier alpha value is -2.54. The zero-order valence-electron chi connectivity index (χ0n) is 13.8. The number of amides is 2. The number of benzene rings is 1. The number of nitrogens with zero attached hydrogens (tertiary/aromatic N) is 3. The molecule has 1 aliphatic rings. The zero-order chi connectivity index (χ0) is 17.4. The molecule has 1 aromatic heterocycles. The van der Waals surface area contributed by atoms with Crippen LogP contribution in [0.25, 0.3) is 0 Å². The molecule has 0 aliphatic carbocycles. The van der Waals surface area contributed by atoms with Gasteiger partial charge in [-0.3, -0.25) is 14.5 Å². The van der Waals surface area contributed by atoms with Gasteiger partial charge in [0, 0.05) is 6.54 Å². The number of azo groups is 1. The SMILES string of the molecule is Cc1[nH]oc(=O)c1N=Nc1cccc2c1C(=O)N(CC(C)C)C2=O.[Ni+2]. The monoisotopic (exact) mass is 386 g/mol. The van der Waals surface area contributed by atoms with Gasteiger partial charge in [0.15, 0.2) is 5.69 Å². The largest absolute Gasteiger partial charge is 2.00 e. The predicted molar refractivity (Wildman–Crippen MR) is 84.9 cm³/mol. The molecule has 0 saturated carbocycles. The van der Waals surface area contributed by atoms with Gasteiger partial charge < -0.3 is 4.52 Å². The Morgan fingerprint density at radius 2 is 1.88 bits per heavy atom. The molecular formula is C16H16N4NiO4+2. The Bertz CT molecular complexity index is 913. The Balaban J connectivity index is 0.00000225. The zero-order valence-corrected chi connectivity index (χ0v) is 14.8. The standard InChI is InChI=1S/C16H16N4O4.Ni/c1-8(2)7-20-14(21)10-5-4-6-11(12(10)15(20)22)17-18-13-9(3)19-24-16(13)23;/h4-6,8,19H,7H2,1-3H3;/q;+2. The van der Waals surface area contributed by atoms with Crippen molar-refractivity contribution in [3.05, 3.63) is 45.4 Å². The van der Waals surface area contributed by atoms with E-state index in [1.165, 1.54) is 4.90 Å². The molecule has 2 heterocycles. The Kier molecular flexibility index (Phi) is 5.37. The molecule has 2 aromatic rings. The number of hydrogen-bond donors (Lipinski definition) is 1. The van der Waals surface area contributed by atoms with Crippen molar-refractivity contribution in [1.82, 2.24) is 10.1 Å².